The molecule has 0 saturated carbocycles. The molecule has 0 aliphatic heterocycles. The minimum absolute atomic E-state index is 0.160. The van der Waals surface area contributed by atoms with Gasteiger partial charge in [0, 0.05) is 24.5 Å². The van der Waals surface area contributed by atoms with Gasteiger partial charge in [0.25, 0.3) is 5.91 Å². The van der Waals surface area contributed by atoms with Crippen LogP contribution in [0.25, 0.3) is 0 Å². The molecule has 1 heterocycles. The van der Waals surface area contributed by atoms with Gasteiger partial charge in [0.15, 0.2) is 0 Å². The number of nitrogens with one attached hydrogen (secondary N) is 1. The first-order chi connectivity index (χ1) is 8.99. The number of aryl methyl sites for hydroxylation is 1. The smallest absolute Gasteiger partial charge is 0.254 e. The van der Waals surface area contributed by atoms with Gasteiger partial charge in [-0.3, -0.25) is 4.79 Å². The first-order valence-corrected chi connectivity index (χ1v) is 5.83. The van der Waals surface area contributed by atoms with E-state index in [0.29, 0.717) is 12.6 Å². The third-order valence-electron chi connectivity index (χ3n) is 3.08. The van der Waals surface area contributed by atoms with Crippen molar-refractivity contribution in [2.24, 2.45) is 7.05 Å². The average molecular weight is 264 g/mol. The molecule has 0 saturated heterocycles. The summed E-state index contributed by atoms with van der Waals surface area (Å²) in [5.74, 6) is -2.12. The lowest BCUT2D eigenvalue weighted by atomic mass is 10.2. The van der Waals surface area contributed by atoms with Gasteiger partial charge in [0.05, 0.1) is 12.1 Å². The SMILES string of the molecule is Cc1ccc(CNC(=O)c2ccc(F)cc2F)n1C. The molecule has 0 aliphatic carbocycles. The summed E-state index contributed by atoms with van der Waals surface area (Å²) in [6.45, 7) is 2.24. The van der Waals surface area contributed by atoms with Crippen LogP contribution in [0, 0.1) is 18.6 Å². The second-order valence-corrected chi connectivity index (χ2v) is 4.33. The number of benzene rings is 1. The molecular weight excluding hydrogens is 250 g/mol. The largest absolute Gasteiger partial charge is 0.350 e. The van der Waals surface area contributed by atoms with Crippen LogP contribution in [0.2, 0.25) is 0 Å². The van der Waals surface area contributed by atoms with Gasteiger partial charge in [0.2, 0.25) is 0 Å². The monoisotopic (exact) mass is 264 g/mol. The highest BCUT2D eigenvalue weighted by Gasteiger charge is 2.12. The van der Waals surface area contributed by atoms with Crippen molar-refractivity contribution in [1.82, 2.24) is 9.88 Å². The molecule has 0 atom stereocenters. The predicted octanol–water partition coefficient (Wildman–Crippen LogP) is 2.54. The van der Waals surface area contributed by atoms with Crippen molar-refractivity contribution in [2.45, 2.75) is 13.5 Å². The number of amides is 1. The third-order valence-corrected chi connectivity index (χ3v) is 3.08. The minimum Gasteiger partial charge on any atom is -0.350 e. The van der Waals surface area contributed by atoms with Crippen LogP contribution in [-0.2, 0) is 13.6 Å². The molecule has 0 unspecified atom stereocenters. The van der Waals surface area contributed by atoms with Gasteiger partial charge in [-0.25, -0.2) is 8.78 Å². The number of hydrogen-bond acceptors (Lipinski definition) is 1. The Hall–Kier alpha value is -2.17. The van der Waals surface area contributed by atoms with Crippen molar-refractivity contribution in [3.63, 3.8) is 0 Å². The van der Waals surface area contributed by atoms with E-state index in [-0.39, 0.29) is 5.56 Å². The van der Waals surface area contributed by atoms with E-state index < -0.39 is 17.5 Å². The second-order valence-electron chi connectivity index (χ2n) is 4.33. The van der Waals surface area contributed by atoms with Crippen LogP contribution in [0.4, 0.5) is 8.78 Å². The molecule has 1 N–H and O–H groups in total. The number of carbonyl (C=O) groups excluding carboxylic acids is 1. The fourth-order valence-electron chi connectivity index (χ4n) is 1.78. The van der Waals surface area contributed by atoms with Crippen LogP contribution in [0.15, 0.2) is 30.3 Å². The fourth-order valence-corrected chi connectivity index (χ4v) is 1.78. The zero-order valence-corrected chi connectivity index (χ0v) is 10.7. The van der Waals surface area contributed by atoms with E-state index in [4.69, 9.17) is 0 Å². The van der Waals surface area contributed by atoms with E-state index >= 15 is 0 Å². The number of halogens is 2. The van der Waals surface area contributed by atoms with Crippen molar-refractivity contribution >= 4 is 5.91 Å². The molecule has 0 spiro atoms. The van der Waals surface area contributed by atoms with Crippen molar-refractivity contribution in [2.75, 3.05) is 0 Å². The van der Waals surface area contributed by atoms with Crippen molar-refractivity contribution in [3.05, 3.63) is 58.9 Å². The molecule has 1 aromatic carbocycles. The highest BCUT2D eigenvalue weighted by Crippen LogP contribution is 2.10. The Balaban J connectivity index is 2.07. The van der Waals surface area contributed by atoms with E-state index in [9.17, 15) is 13.6 Å². The topological polar surface area (TPSA) is 34.0 Å². The normalized spacial score (nSPS) is 10.5. The van der Waals surface area contributed by atoms with Gasteiger partial charge >= 0.3 is 0 Å². The summed E-state index contributed by atoms with van der Waals surface area (Å²) in [5.41, 5.74) is 1.82. The average Bonchev–Trinajstić information content (AvgIpc) is 2.67. The van der Waals surface area contributed by atoms with E-state index in [2.05, 4.69) is 5.32 Å². The summed E-state index contributed by atoms with van der Waals surface area (Å²) in [6, 6.07) is 6.71. The van der Waals surface area contributed by atoms with Gasteiger partial charge in [-0.1, -0.05) is 0 Å². The molecule has 2 aromatic rings. The van der Waals surface area contributed by atoms with Crippen LogP contribution >= 0.6 is 0 Å². The van der Waals surface area contributed by atoms with Crippen LogP contribution < -0.4 is 5.32 Å². The maximum absolute atomic E-state index is 13.4. The summed E-state index contributed by atoms with van der Waals surface area (Å²) in [5, 5.41) is 2.61. The maximum atomic E-state index is 13.4. The van der Waals surface area contributed by atoms with Crippen LogP contribution in [-0.4, -0.2) is 10.5 Å². The molecule has 19 heavy (non-hydrogen) atoms. The Morgan fingerprint density at radius 1 is 1.26 bits per heavy atom. The predicted molar refractivity (Wildman–Crippen MR) is 67.7 cm³/mol. The van der Waals surface area contributed by atoms with E-state index in [1.165, 1.54) is 0 Å². The third kappa shape index (κ3) is 2.81. The van der Waals surface area contributed by atoms with Gasteiger partial charge in [-0.15, -0.1) is 0 Å². The highest BCUT2D eigenvalue weighted by atomic mass is 19.1. The fraction of sp³-hybridized carbons (Fsp3) is 0.214. The Morgan fingerprint density at radius 3 is 2.58 bits per heavy atom. The lowest BCUT2D eigenvalue weighted by Crippen LogP contribution is -2.25. The Bertz CT molecular complexity index is 620. The van der Waals surface area contributed by atoms with Gasteiger partial charge in [-0.2, -0.15) is 0 Å². The lowest BCUT2D eigenvalue weighted by molar-refractivity contribution is 0.0946. The molecule has 2 rings (SSSR count). The standard InChI is InChI=1S/C14H14F2N2O/c1-9-3-5-11(18(9)2)8-17-14(19)12-6-4-10(15)7-13(12)16/h3-7H,8H2,1-2H3,(H,17,19). The zero-order valence-electron chi connectivity index (χ0n) is 10.7. The van der Waals surface area contributed by atoms with Crippen molar-refractivity contribution in [3.8, 4) is 0 Å². The molecule has 5 heteroatoms. The van der Waals surface area contributed by atoms with Crippen LogP contribution in [0.5, 0.6) is 0 Å². The Morgan fingerprint density at radius 2 is 2.00 bits per heavy atom. The van der Waals surface area contributed by atoms with E-state index in [0.717, 1.165) is 23.5 Å². The van der Waals surface area contributed by atoms with Crippen LogP contribution in [0.1, 0.15) is 21.7 Å². The molecule has 0 aliphatic rings. The first kappa shape index (κ1) is 13.3. The molecule has 0 bridgehead atoms. The molecule has 3 nitrogen and oxygen atoms in total. The van der Waals surface area contributed by atoms with Crippen LogP contribution in [0.3, 0.4) is 0 Å². The molecule has 0 fully saturated rings. The quantitative estimate of drug-likeness (QED) is 0.908. The highest BCUT2D eigenvalue weighted by molar-refractivity contribution is 5.94. The van der Waals surface area contributed by atoms with Crippen molar-refractivity contribution in [1.29, 1.82) is 0 Å². The number of nitrogens with zero attached hydrogens (tertiary/aromatic N) is 1. The number of aromatic nitrogens is 1. The summed E-state index contributed by atoms with van der Waals surface area (Å²) in [4.78, 5) is 11.8. The Kier molecular flexibility index (Phi) is 3.64. The maximum Gasteiger partial charge on any atom is 0.254 e. The molecule has 1 amide bonds. The van der Waals surface area contributed by atoms with Gasteiger partial charge in [-0.05, 0) is 31.2 Å². The number of hydrogen-bond donors (Lipinski definition) is 1. The molecule has 0 radical (unpaired) electrons. The zero-order chi connectivity index (χ0) is 14.0. The summed E-state index contributed by atoms with van der Waals surface area (Å²) >= 11 is 0. The second kappa shape index (κ2) is 5.22. The lowest BCUT2D eigenvalue weighted by Gasteiger charge is -2.08. The molecular formula is C14H14F2N2O. The summed E-state index contributed by atoms with van der Waals surface area (Å²) < 4.78 is 28.1. The number of rotatable bonds is 3. The van der Waals surface area contributed by atoms with E-state index in [1.54, 1.807) is 0 Å². The first-order valence-electron chi connectivity index (χ1n) is 5.83. The summed E-state index contributed by atoms with van der Waals surface area (Å²) in [7, 11) is 1.88. The number of carbonyl (C=O) groups is 1. The minimum atomic E-state index is -0.861. The van der Waals surface area contributed by atoms with Gasteiger partial charge < -0.3 is 9.88 Å². The van der Waals surface area contributed by atoms with Crippen molar-refractivity contribution < 1.29 is 13.6 Å². The Labute approximate surface area is 109 Å². The summed E-state index contributed by atoms with van der Waals surface area (Å²) in [6.07, 6.45) is 0. The van der Waals surface area contributed by atoms with E-state index in [1.807, 2.05) is 30.7 Å². The molecule has 1 aromatic heterocycles. The molecule has 100 valence electrons. The van der Waals surface area contributed by atoms with Gasteiger partial charge in [0.1, 0.15) is 11.6 Å².